The molecule has 100 valence electrons. The van der Waals surface area contributed by atoms with Crippen LogP contribution in [0.1, 0.15) is 35.5 Å². The molecule has 0 radical (unpaired) electrons. The fourth-order valence-electron chi connectivity index (χ4n) is 2.34. The Hall–Kier alpha value is -2.21. The molecule has 1 aromatic heterocycles. The SMILES string of the molecule is Cc1cc(-c2ccc(C)c(C)c2)nc(C2(C#N)CC2)n1. The van der Waals surface area contributed by atoms with Gasteiger partial charge in [-0.25, -0.2) is 9.97 Å². The Bertz CT molecular complexity index is 722. The third-order valence-corrected chi connectivity index (χ3v) is 4.05. The summed E-state index contributed by atoms with van der Waals surface area (Å²) in [7, 11) is 0. The van der Waals surface area contributed by atoms with E-state index in [9.17, 15) is 5.26 Å². The molecule has 0 aliphatic heterocycles. The Morgan fingerprint density at radius 2 is 1.80 bits per heavy atom. The van der Waals surface area contributed by atoms with E-state index in [0.717, 1.165) is 29.8 Å². The zero-order valence-corrected chi connectivity index (χ0v) is 12.1. The molecule has 0 saturated heterocycles. The molecule has 1 saturated carbocycles. The summed E-state index contributed by atoms with van der Waals surface area (Å²) >= 11 is 0. The van der Waals surface area contributed by atoms with Crippen molar-refractivity contribution in [3.05, 3.63) is 46.9 Å². The first-order valence-electron chi connectivity index (χ1n) is 6.89. The van der Waals surface area contributed by atoms with Crippen LogP contribution in [0.4, 0.5) is 0 Å². The molecule has 3 heteroatoms. The highest BCUT2D eigenvalue weighted by Gasteiger charge is 2.48. The summed E-state index contributed by atoms with van der Waals surface area (Å²) in [5.41, 5.74) is 5.02. The second-order valence-electron chi connectivity index (χ2n) is 5.71. The molecule has 0 bridgehead atoms. The van der Waals surface area contributed by atoms with Crippen LogP contribution in [0.3, 0.4) is 0 Å². The van der Waals surface area contributed by atoms with Crippen molar-refractivity contribution in [1.82, 2.24) is 9.97 Å². The molecular weight excluding hydrogens is 246 g/mol. The summed E-state index contributed by atoms with van der Waals surface area (Å²) in [6.07, 6.45) is 1.75. The van der Waals surface area contributed by atoms with E-state index in [0.29, 0.717) is 5.82 Å². The van der Waals surface area contributed by atoms with Gasteiger partial charge in [-0.2, -0.15) is 5.26 Å². The predicted octanol–water partition coefficient (Wildman–Crippen LogP) is 3.62. The third-order valence-electron chi connectivity index (χ3n) is 4.05. The fraction of sp³-hybridized carbons (Fsp3) is 0.353. The fourth-order valence-corrected chi connectivity index (χ4v) is 2.34. The molecular formula is C17H17N3. The number of hydrogen-bond donors (Lipinski definition) is 0. The number of aryl methyl sites for hydroxylation is 3. The number of hydrogen-bond acceptors (Lipinski definition) is 3. The van der Waals surface area contributed by atoms with Crippen LogP contribution in [0.15, 0.2) is 24.3 Å². The first kappa shape index (κ1) is 12.8. The highest BCUT2D eigenvalue weighted by Crippen LogP contribution is 2.46. The summed E-state index contributed by atoms with van der Waals surface area (Å²) in [5.74, 6) is 0.688. The van der Waals surface area contributed by atoms with Gasteiger partial charge in [0.2, 0.25) is 0 Å². The number of aromatic nitrogens is 2. The zero-order valence-electron chi connectivity index (χ0n) is 12.1. The van der Waals surface area contributed by atoms with Crippen molar-refractivity contribution in [3.8, 4) is 17.3 Å². The van der Waals surface area contributed by atoms with Crippen molar-refractivity contribution in [1.29, 1.82) is 5.26 Å². The van der Waals surface area contributed by atoms with Gasteiger partial charge >= 0.3 is 0 Å². The van der Waals surface area contributed by atoms with E-state index < -0.39 is 5.41 Å². The van der Waals surface area contributed by atoms with E-state index in [4.69, 9.17) is 0 Å². The average molecular weight is 263 g/mol. The van der Waals surface area contributed by atoms with Crippen molar-refractivity contribution in [2.24, 2.45) is 0 Å². The zero-order chi connectivity index (χ0) is 14.3. The number of nitriles is 1. The van der Waals surface area contributed by atoms with E-state index in [1.54, 1.807) is 0 Å². The lowest BCUT2D eigenvalue weighted by Gasteiger charge is -2.10. The molecule has 20 heavy (non-hydrogen) atoms. The summed E-state index contributed by atoms with van der Waals surface area (Å²) < 4.78 is 0. The third kappa shape index (κ3) is 2.08. The van der Waals surface area contributed by atoms with Crippen LogP contribution in [0.25, 0.3) is 11.3 Å². The first-order valence-corrected chi connectivity index (χ1v) is 6.89. The number of rotatable bonds is 2. The average Bonchev–Trinajstić information content (AvgIpc) is 3.22. The number of nitrogens with zero attached hydrogens (tertiary/aromatic N) is 3. The lowest BCUT2D eigenvalue weighted by molar-refractivity contribution is 0.789. The molecule has 2 aromatic rings. The van der Waals surface area contributed by atoms with E-state index in [2.05, 4.69) is 48.1 Å². The molecule has 3 nitrogen and oxygen atoms in total. The van der Waals surface area contributed by atoms with Crippen LogP contribution < -0.4 is 0 Å². The second-order valence-corrected chi connectivity index (χ2v) is 5.71. The molecule has 0 atom stereocenters. The van der Waals surface area contributed by atoms with E-state index >= 15 is 0 Å². The van der Waals surface area contributed by atoms with E-state index in [1.807, 2.05) is 13.0 Å². The van der Waals surface area contributed by atoms with E-state index in [1.165, 1.54) is 11.1 Å². The Kier molecular flexibility index (Phi) is 2.83. The molecule has 1 fully saturated rings. The summed E-state index contributed by atoms with van der Waals surface area (Å²) in [6, 6.07) is 10.7. The van der Waals surface area contributed by atoms with Gasteiger partial charge in [0.05, 0.1) is 11.8 Å². The van der Waals surface area contributed by atoms with Gasteiger partial charge in [-0.3, -0.25) is 0 Å². The van der Waals surface area contributed by atoms with Crippen molar-refractivity contribution < 1.29 is 0 Å². The van der Waals surface area contributed by atoms with Crippen LogP contribution in [-0.2, 0) is 5.41 Å². The van der Waals surface area contributed by atoms with Gasteiger partial charge in [0, 0.05) is 11.3 Å². The second kappa shape index (κ2) is 4.42. The molecule has 0 spiro atoms. The number of benzene rings is 1. The van der Waals surface area contributed by atoms with Crippen molar-refractivity contribution in [2.45, 2.75) is 39.0 Å². The van der Waals surface area contributed by atoms with Crippen molar-refractivity contribution in [2.75, 3.05) is 0 Å². The van der Waals surface area contributed by atoms with Gasteiger partial charge in [-0.05, 0) is 56.9 Å². The Morgan fingerprint density at radius 3 is 2.40 bits per heavy atom. The summed E-state index contributed by atoms with van der Waals surface area (Å²) in [5, 5.41) is 9.31. The van der Waals surface area contributed by atoms with E-state index in [-0.39, 0.29) is 0 Å². The lowest BCUT2D eigenvalue weighted by Crippen LogP contribution is -2.10. The normalized spacial score (nSPS) is 15.7. The molecule has 1 heterocycles. The van der Waals surface area contributed by atoms with Crippen molar-refractivity contribution in [3.63, 3.8) is 0 Å². The Labute approximate surface area is 119 Å². The first-order chi connectivity index (χ1) is 9.54. The van der Waals surface area contributed by atoms with Gasteiger partial charge in [0.1, 0.15) is 11.2 Å². The topological polar surface area (TPSA) is 49.6 Å². The van der Waals surface area contributed by atoms with Gasteiger partial charge in [0.15, 0.2) is 0 Å². The quantitative estimate of drug-likeness (QED) is 0.831. The maximum atomic E-state index is 9.31. The molecule has 3 rings (SSSR count). The molecule has 0 N–H and O–H groups in total. The van der Waals surface area contributed by atoms with Gasteiger partial charge in [-0.1, -0.05) is 12.1 Å². The largest absolute Gasteiger partial charge is 0.236 e. The van der Waals surface area contributed by atoms with Gasteiger partial charge < -0.3 is 0 Å². The maximum absolute atomic E-state index is 9.31. The summed E-state index contributed by atoms with van der Waals surface area (Å²) in [6.45, 7) is 6.17. The predicted molar refractivity (Wildman–Crippen MR) is 78.2 cm³/mol. The van der Waals surface area contributed by atoms with Crippen LogP contribution in [0.5, 0.6) is 0 Å². The molecule has 1 aliphatic rings. The van der Waals surface area contributed by atoms with Gasteiger partial charge in [-0.15, -0.1) is 0 Å². The molecule has 1 aromatic carbocycles. The molecule has 0 amide bonds. The standard InChI is InChI=1S/C17H17N3/c1-11-4-5-14(8-12(11)2)15-9-13(3)19-16(20-15)17(10-18)6-7-17/h4-5,8-9H,6-7H2,1-3H3. The van der Waals surface area contributed by atoms with Crippen LogP contribution >= 0.6 is 0 Å². The summed E-state index contributed by atoms with van der Waals surface area (Å²) in [4.78, 5) is 9.12. The van der Waals surface area contributed by atoms with Crippen LogP contribution in [-0.4, -0.2) is 9.97 Å². The Balaban J connectivity index is 2.10. The lowest BCUT2D eigenvalue weighted by atomic mass is 10.0. The highest BCUT2D eigenvalue weighted by molar-refractivity contribution is 5.61. The monoisotopic (exact) mass is 263 g/mol. The highest BCUT2D eigenvalue weighted by atomic mass is 14.9. The molecule has 1 aliphatic carbocycles. The minimum Gasteiger partial charge on any atom is -0.236 e. The minimum absolute atomic E-state index is 0.430. The van der Waals surface area contributed by atoms with Gasteiger partial charge in [0.25, 0.3) is 0 Å². The minimum atomic E-state index is -0.430. The van der Waals surface area contributed by atoms with Crippen molar-refractivity contribution >= 4 is 0 Å². The Morgan fingerprint density at radius 1 is 1.05 bits per heavy atom. The maximum Gasteiger partial charge on any atom is 0.149 e. The smallest absolute Gasteiger partial charge is 0.149 e. The van der Waals surface area contributed by atoms with Crippen LogP contribution in [0, 0.1) is 32.1 Å². The molecule has 0 unspecified atom stereocenters. The van der Waals surface area contributed by atoms with Crippen LogP contribution in [0.2, 0.25) is 0 Å².